The topological polar surface area (TPSA) is 43.1 Å². The Morgan fingerprint density at radius 1 is 1.33 bits per heavy atom. The molecule has 4 heteroatoms. The zero-order chi connectivity index (χ0) is 8.27. The van der Waals surface area contributed by atoms with Crippen molar-refractivity contribution in [2.24, 2.45) is 17.6 Å². The summed E-state index contributed by atoms with van der Waals surface area (Å²) in [6.45, 7) is 0.753. The second kappa shape index (κ2) is 5.79. The molecular weight excluding hydrogens is 197 g/mol. The Balaban J connectivity index is 0.00000121. The van der Waals surface area contributed by atoms with Gasteiger partial charge in [0.2, 0.25) is 5.24 Å². The molecule has 1 fully saturated rings. The van der Waals surface area contributed by atoms with Crippen LogP contribution in [-0.2, 0) is 4.79 Å². The van der Waals surface area contributed by atoms with Gasteiger partial charge in [-0.25, -0.2) is 0 Å². The minimum atomic E-state index is -0.166. The summed E-state index contributed by atoms with van der Waals surface area (Å²) in [7, 11) is 0. The molecule has 1 aliphatic rings. The molecule has 0 unspecified atom stereocenters. The van der Waals surface area contributed by atoms with Gasteiger partial charge in [-0.15, -0.1) is 12.4 Å². The van der Waals surface area contributed by atoms with E-state index in [2.05, 4.69) is 0 Å². The lowest BCUT2D eigenvalue weighted by Crippen LogP contribution is -2.23. The first-order valence-corrected chi connectivity index (χ1v) is 4.51. The molecule has 0 bridgehead atoms. The lowest BCUT2D eigenvalue weighted by molar-refractivity contribution is -0.116. The van der Waals surface area contributed by atoms with Gasteiger partial charge in [0.1, 0.15) is 0 Å². The monoisotopic (exact) mass is 211 g/mol. The SMILES string of the molecule is Cl.NCC1CCC(C(=O)Cl)CC1. The summed E-state index contributed by atoms with van der Waals surface area (Å²) >= 11 is 5.38. The summed E-state index contributed by atoms with van der Waals surface area (Å²) in [6.07, 6.45) is 4.01. The molecule has 0 aromatic heterocycles. The summed E-state index contributed by atoms with van der Waals surface area (Å²) < 4.78 is 0. The van der Waals surface area contributed by atoms with Crippen molar-refractivity contribution in [1.29, 1.82) is 0 Å². The van der Waals surface area contributed by atoms with Gasteiger partial charge in [0.05, 0.1) is 0 Å². The normalized spacial score (nSPS) is 29.2. The van der Waals surface area contributed by atoms with E-state index in [1.165, 1.54) is 0 Å². The second-order valence-corrected chi connectivity index (χ2v) is 3.63. The highest BCUT2D eigenvalue weighted by atomic mass is 35.5. The molecule has 0 aromatic rings. The first kappa shape index (κ1) is 12.2. The highest BCUT2D eigenvalue weighted by Gasteiger charge is 2.23. The standard InChI is InChI=1S/C8H14ClNO.ClH/c9-8(11)7-3-1-6(5-10)2-4-7;/h6-7H,1-5,10H2;1H. The maximum Gasteiger partial charge on any atom is 0.224 e. The molecule has 1 saturated carbocycles. The Bertz CT molecular complexity index is 144. The van der Waals surface area contributed by atoms with E-state index in [1.807, 2.05) is 0 Å². The Labute approximate surface area is 84.2 Å². The van der Waals surface area contributed by atoms with Crippen LogP contribution >= 0.6 is 24.0 Å². The Hall–Kier alpha value is 0.210. The van der Waals surface area contributed by atoms with Crippen LogP contribution in [0.5, 0.6) is 0 Å². The van der Waals surface area contributed by atoms with Crippen molar-refractivity contribution in [3.63, 3.8) is 0 Å². The van der Waals surface area contributed by atoms with Crippen molar-refractivity contribution in [3.8, 4) is 0 Å². The minimum absolute atomic E-state index is 0. The Morgan fingerprint density at radius 3 is 2.17 bits per heavy atom. The van der Waals surface area contributed by atoms with E-state index in [-0.39, 0.29) is 23.6 Å². The lowest BCUT2D eigenvalue weighted by Gasteiger charge is -2.24. The van der Waals surface area contributed by atoms with Crippen molar-refractivity contribution in [2.45, 2.75) is 25.7 Å². The minimum Gasteiger partial charge on any atom is -0.330 e. The summed E-state index contributed by atoms with van der Waals surface area (Å²) in [5.41, 5.74) is 5.51. The summed E-state index contributed by atoms with van der Waals surface area (Å²) in [4.78, 5) is 10.7. The summed E-state index contributed by atoms with van der Waals surface area (Å²) in [5.74, 6) is 0.738. The van der Waals surface area contributed by atoms with Gasteiger partial charge in [-0.05, 0) is 49.7 Å². The molecule has 0 saturated heterocycles. The molecule has 1 rings (SSSR count). The molecule has 0 aromatic carbocycles. The number of halogens is 2. The summed E-state index contributed by atoms with van der Waals surface area (Å²) in [6, 6.07) is 0. The first-order valence-electron chi connectivity index (χ1n) is 4.13. The van der Waals surface area contributed by atoms with E-state index in [0.29, 0.717) is 5.92 Å². The van der Waals surface area contributed by atoms with Crippen LogP contribution in [0, 0.1) is 11.8 Å². The van der Waals surface area contributed by atoms with Gasteiger partial charge in [-0.3, -0.25) is 4.79 Å². The van der Waals surface area contributed by atoms with E-state index in [1.54, 1.807) is 0 Å². The fourth-order valence-electron chi connectivity index (χ4n) is 1.63. The van der Waals surface area contributed by atoms with Gasteiger partial charge >= 0.3 is 0 Å². The van der Waals surface area contributed by atoms with Crippen LogP contribution in [0.2, 0.25) is 0 Å². The van der Waals surface area contributed by atoms with Gasteiger partial charge in [0.15, 0.2) is 0 Å². The van der Waals surface area contributed by atoms with Crippen LogP contribution in [0.3, 0.4) is 0 Å². The van der Waals surface area contributed by atoms with E-state index in [0.717, 1.165) is 32.2 Å². The average Bonchev–Trinajstić information content (AvgIpc) is 2.05. The molecule has 0 aliphatic heterocycles. The number of hydrogen-bond donors (Lipinski definition) is 1. The highest BCUT2D eigenvalue weighted by Crippen LogP contribution is 2.29. The van der Waals surface area contributed by atoms with E-state index in [9.17, 15) is 4.79 Å². The third-order valence-electron chi connectivity index (χ3n) is 2.50. The average molecular weight is 212 g/mol. The number of rotatable bonds is 2. The largest absolute Gasteiger partial charge is 0.330 e. The third-order valence-corrected chi connectivity index (χ3v) is 2.81. The maximum atomic E-state index is 10.7. The Kier molecular flexibility index (Phi) is 5.89. The van der Waals surface area contributed by atoms with Crippen molar-refractivity contribution in [3.05, 3.63) is 0 Å². The maximum absolute atomic E-state index is 10.7. The third kappa shape index (κ3) is 3.30. The van der Waals surface area contributed by atoms with Crippen LogP contribution in [0.25, 0.3) is 0 Å². The molecule has 72 valence electrons. The van der Waals surface area contributed by atoms with Gasteiger partial charge in [0, 0.05) is 5.92 Å². The highest BCUT2D eigenvalue weighted by molar-refractivity contribution is 6.63. The van der Waals surface area contributed by atoms with Gasteiger partial charge in [-0.1, -0.05) is 0 Å². The molecule has 12 heavy (non-hydrogen) atoms. The molecule has 0 amide bonds. The van der Waals surface area contributed by atoms with Gasteiger partial charge < -0.3 is 5.73 Å². The zero-order valence-corrected chi connectivity index (χ0v) is 8.53. The molecule has 0 heterocycles. The molecule has 2 N–H and O–H groups in total. The van der Waals surface area contributed by atoms with Crippen molar-refractivity contribution in [1.82, 2.24) is 0 Å². The van der Waals surface area contributed by atoms with Gasteiger partial charge in [-0.2, -0.15) is 0 Å². The predicted octanol–water partition coefficient (Wildman–Crippen LogP) is 1.94. The van der Waals surface area contributed by atoms with Crippen LogP contribution in [0.4, 0.5) is 0 Å². The fourth-order valence-corrected chi connectivity index (χ4v) is 1.84. The van der Waals surface area contributed by atoms with Crippen LogP contribution in [-0.4, -0.2) is 11.8 Å². The van der Waals surface area contributed by atoms with Crippen molar-refractivity contribution in [2.75, 3.05) is 6.54 Å². The molecular formula is C8H15Cl2NO. The smallest absolute Gasteiger partial charge is 0.224 e. The number of hydrogen-bond acceptors (Lipinski definition) is 2. The molecule has 2 nitrogen and oxygen atoms in total. The molecule has 0 atom stereocenters. The van der Waals surface area contributed by atoms with E-state index >= 15 is 0 Å². The molecule has 1 aliphatic carbocycles. The van der Waals surface area contributed by atoms with Crippen LogP contribution in [0.1, 0.15) is 25.7 Å². The number of carbonyl (C=O) groups is 1. The first-order chi connectivity index (χ1) is 5.24. The van der Waals surface area contributed by atoms with Crippen molar-refractivity contribution < 1.29 is 4.79 Å². The number of carbonyl (C=O) groups excluding carboxylic acids is 1. The quantitative estimate of drug-likeness (QED) is 0.710. The second-order valence-electron chi connectivity index (χ2n) is 3.26. The predicted molar refractivity (Wildman–Crippen MR) is 52.6 cm³/mol. The number of nitrogens with two attached hydrogens (primary N) is 1. The summed E-state index contributed by atoms with van der Waals surface area (Å²) in [5, 5.41) is -0.166. The molecule has 0 radical (unpaired) electrons. The van der Waals surface area contributed by atoms with Gasteiger partial charge in [0.25, 0.3) is 0 Å². The lowest BCUT2D eigenvalue weighted by atomic mass is 9.83. The fraction of sp³-hybridized carbons (Fsp3) is 0.875. The van der Waals surface area contributed by atoms with E-state index < -0.39 is 0 Å². The van der Waals surface area contributed by atoms with Crippen LogP contribution < -0.4 is 5.73 Å². The Morgan fingerprint density at radius 2 is 1.83 bits per heavy atom. The van der Waals surface area contributed by atoms with Crippen LogP contribution in [0.15, 0.2) is 0 Å². The zero-order valence-electron chi connectivity index (χ0n) is 6.96. The van der Waals surface area contributed by atoms with Crippen molar-refractivity contribution >= 4 is 29.3 Å². The molecule has 0 spiro atoms. The van der Waals surface area contributed by atoms with E-state index in [4.69, 9.17) is 17.3 Å².